The minimum atomic E-state index is -0.426. The quantitative estimate of drug-likeness (QED) is 0.770. The molecule has 0 saturated heterocycles. The lowest BCUT2D eigenvalue weighted by molar-refractivity contribution is 0.234. The van der Waals surface area contributed by atoms with E-state index in [4.69, 9.17) is 4.74 Å². The highest BCUT2D eigenvalue weighted by molar-refractivity contribution is 9.10. The maximum absolute atomic E-state index is 11.6. The molecule has 1 aromatic heterocycles. The van der Waals surface area contributed by atoms with Gasteiger partial charge in [0.1, 0.15) is 5.75 Å². The minimum absolute atomic E-state index is 0.0650. The maximum Gasteiger partial charge on any atom is 0.324 e. The van der Waals surface area contributed by atoms with Gasteiger partial charge in [-0.15, -0.1) is 0 Å². The van der Waals surface area contributed by atoms with Crippen molar-refractivity contribution in [1.29, 1.82) is 0 Å². The van der Waals surface area contributed by atoms with Crippen LogP contribution < -0.4 is 15.4 Å². The van der Waals surface area contributed by atoms with Crippen LogP contribution in [0.1, 0.15) is 18.9 Å². The number of carbonyl (C=O) groups excluding carboxylic acids is 1. The van der Waals surface area contributed by atoms with E-state index in [-0.39, 0.29) is 12.7 Å². The Labute approximate surface area is 137 Å². The summed E-state index contributed by atoms with van der Waals surface area (Å²) in [5.74, 6) is 0.935. The van der Waals surface area contributed by atoms with E-state index in [0.29, 0.717) is 5.75 Å². The number of halogens is 1. The summed E-state index contributed by atoms with van der Waals surface area (Å²) in [7, 11) is 0. The number of benzene rings is 1. The fourth-order valence-corrected chi connectivity index (χ4v) is 1.95. The largest absolute Gasteiger partial charge is 0.473 e. The van der Waals surface area contributed by atoms with Crippen molar-refractivity contribution in [2.24, 2.45) is 0 Å². The molecule has 7 heteroatoms. The third-order valence-electron chi connectivity index (χ3n) is 2.78. The molecule has 0 aliphatic rings. The smallest absolute Gasteiger partial charge is 0.324 e. The highest BCUT2D eigenvalue weighted by Crippen LogP contribution is 2.13. The molecule has 6 nitrogen and oxygen atoms in total. The summed E-state index contributed by atoms with van der Waals surface area (Å²) in [5, 5.41) is 5.08. The number of carbonyl (C=O) groups is 1. The predicted molar refractivity (Wildman–Crippen MR) is 87.8 cm³/mol. The molecule has 1 aromatic carbocycles. The molecule has 0 saturated carbocycles. The van der Waals surface area contributed by atoms with E-state index >= 15 is 0 Å². The highest BCUT2D eigenvalue weighted by Gasteiger charge is 2.03. The molecule has 116 valence electrons. The summed E-state index contributed by atoms with van der Waals surface area (Å²) in [6.45, 7) is 2.21. The lowest BCUT2D eigenvalue weighted by Gasteiger charge is -2.09. The van der Waals surface area contributed by atoms with Gasteiger partial charge in [-0.3, -0.25) is 5.32 Å². The van der Waals surface area contributed by atoms with E-state index in [1.807, 2.05) is 24.3 Å². The van der Waals surface area contributed by atoms with Crippen molar-refractivity contribution in [2.75, 3.05) is 12.0 Å². The van der Waals surface area contributed by atoms with Gasteiger partial charge >= 0.3 is 6.03 Å². The molecule has 0 atom stereocenters. The topological polar surface area (TPSA) is 76.1 Å². The van der Waals surface area contributed by atoms with Crippen LogP contribution in [-0.2, 0) is 6.42 Å². The second-order valence-corrected chi connectivity index (χ2v) is 5.45. The van der Waals surface area contributed by atoms with Crippen molar-refractivity contribution in [1.82, 2.24) is 15.3 Å². The number of nitrogens with zero attached hydrogens (tertiary/aromatic N) is 2. The molecule has 22 heavy (non-hydrogen) atoms. The fourth-order valence-electron chi connectivity index (χ4n) is 1.75. The number of hydrogen-bond donors (Lipinski definition) is 2. The van der Waals surface area contributed by atoms with Crippen molar-refractivity contribution in [3.8, 4) is 5.75 Å². The molecule has 0 fully saturated rings. The first-order valence-corrected chi connectivity index (χ1v) is 7.71. The molecule has 2 N–H and O–H groups in total. The number of ether oxygens (including phenoxy) is 1. The molecule has 0 unspecified atom stereocenters. The number of anilines is 1. The van der Waals surface area contributed by atoms with E-state index in [1.54, 1.807) is 12.4 Å². The molecule has 1 heterocycles. The molecular weight excluding hydrogens is 348 g/mol. The molecular formula is C15H17BrN4O2. The average molecular weight is 365 g/mol. The van der Waals surface area contributed by atoms with Gasteiger partial charge in [0.05, 0.1) is 4.47 Å². The van der Waals surface area contributed by atoms with Gasteiger partial charge in [0.15, 0.2) is 6.73 Å². The van der Waals surface area contributed by atoms with Crippen LogP contribution in [0.4, 0.5) is 10.7 Å². The molecule has 0 bridgehead atoms. The van der Waals surface area contributed by atoms with E-state index in [2.05, 4.69) is 43.5 Å². The number of amides is 2. The zero-order chi connectivity index (χ0) is 15.8. The Hall–Kier alpha value is -2.15. The Morgan fingerprint density at radius 3 is 2.55 bits per heavy atom. The molecule has 0 spiro atoms. The first kappa shape index (κ1) is 16.2. The predicted octanol–water partition coefficient (Wildman–Crippen LogP) is 3.35. The lowest BCUT2D eigenvalue weighted by atomic mass is 10.1. The van der Waals surface area contributed by atoms with E-state index in [1.165, 1.54) is 5.56 Å². The average Bonchev–Trinajstić information content (AvgIpc) is 2.52. The summed E-state index contributed by atoms with van der Waals surface area (Å²) in [6, 6.07) is 7.40. The number of aromatic nitrogens is 2. The van der Waals surface area contributed by atoms with Crippen molar-refractivity contribution in [2.45, 2.75) is 19.8 Å². The molecule has 0 radical (unpaired) electrons. The van der Waals surface area contributed by atoms with Gasteiger partial charge in [-0.1, -0.05) is 25.5 Å². The Kier molecular flexibility index (Phi) is 6.14. The molecule has 0 aliphatic heterocycles. The number of urea groups is 1. The molecule has 2 aromatic rings. The van der Waals surface area contributed by atoms with Crippen LogP contribution in [-0.4, -0.2) is 22.7 Å². The van der Waals surface area contributed by atoms with Crippen LogP contribution >= 0.6 is 15.9 Å². The van der Waals surface area contributed by atoms with Crippen molar-refractivity contribution < 1.29 is 9.53 Å². The summed E-state index contributed by atoms with van der Waals surface area (Å²) < 4.78 is 6.19. The van der Waals surface area contributed by atoms with Gasteiger partial charge in [-0.05, 0) is 40.0 Å². The van der Waals surface area contributed by atoms with Gasteiger partial charge < -0.3 is 10.1 Å². The van der Waals surface area contributed by atoms with Gasteiger partial charge in [0.2, 0.25) is 5.95 Å². The fraction of sp³-hybridized carbons (Fsp3) is 0.267. The standard InChI is InChI=1S/C15H17BrN4O2/c1-2-3-11-4-6-13(7-5-11)22-10-19-15(21)20-14-17-8-12(16)9-18-14/h4-9H,2-3,10H2,1H3,(H2,17,18,19,20,21). The second-order valence-electron chi connectivity index (χ2n) is 4.54. The Morgan fingerprint density at radius 2 is 1.91 bits per heavy atom. The van der Waals surface area contributed by atoms with Crippen LogP contribution in [0.25, 0.3) is 0 Å². The van der Waals surface area contributed by atoms with E-state index < -0.39 is 6.03 Å². The van der Waals surface area contributed by atoms with Crippen molar-refractivity contribution in [3.05, 3.63) is 46.7 Å². The van der Waals surface area contributed by atoms with Crippen molar-refractivity contribution in [3.63, 3.8) is 0 Å². The van der Waals surface area contributed by atoms with Crippen LogP contribution in [0.15, 0.2) is 41.1 Å². The Morgan fingerprint density at radius 1 is 1.23 bits per heavy atom. The lowest BCUT2D eigenvalue weighted by Crippen LogP contribution is -2.32. The number of rotatable bonds is 6. The molecule has 2 rings (SSSR count). The first-order valence-electron chi connectivity index (χ1n) is 6.91. The summed E-state index contributed by atoms with van der Waals surface area (Å²) in [4.78, 5) is 19.5. The van der Waals surface area contributed by atoms with Gasteiger partial charge in [0.25, 0.3) is 0 Å². The summed E-state index contributed by atoms with van der Waals surface area (Å²) in [6.07, 6.45) is 5.27. The Balaban J connectivity index is 1.73. The number of hydrogen-bond acceptors (Lipinski definition) is 4. The van der Waals surface area contributed by atoms with Gasteiger partial charge in [-0.2, -0.15) is 0 Å². The van der Waals surface area contributed by atoms with E-state index in [9.17, 15) is 4.79 Å². The number of nitrogens with one attached hydrogen (secondary N) is 2. The van der Waals surface area contributed by atoms with E-state index in [0.717, 1.165) is 17.3 Å². The first-order chi connectivity index (χ1) is 10.7. The third-order valence-corrected chi connectivity index (χ3v) is 3.19. The Bertz CT molecular complexity index is 602. The van der Waals surface area contributed by atoms with Crippen LogP contribution in [0.2, 0.25) is 0 Å². The highest BCUT2D eigenvalue weighted by atomic mass is 79.9. The second kappa shape index (κ2) is 8.33. The number of aryl methyl sites for hydroxylation is 1. The third kappa shape index (κ3) is 5.33. The van der Waals surface area contributed by atoms with Crippen LogP contribution in [0.3, 0.4) is 0 Å². The molecule has 0 aliphatic carbocycles. The summed E-state index contributed by atoms with van der Waals surface area (Å²) >= 11 is 3.22. The minimum Gasteiger partial charge on any atom is -0.473 e. The van der Waals surface area contributed by atoms with Gasteiger partial charge in [0, 0.05) is 12.4 Å². The normalized spacial score (nSPS) is 10.1. The van der Waals surface area contributed by atoms with Crippen LogP contribution in [0, 0.1) is 0 Å². The monoisotopic (exact) mass is 364 g/mol. The zero-order valence-electron chi connectivity index (χ0n) is 12.2. The van der Waals surface area contributed by atoms with Crippen molar-refractivity contribution >= 4 is 27.9 Å². The molecule has 2 amide bonds. The summed E-state index contributed by atoms with van der Waals surface area (Å²) in [5.41, 5.74) is 1.27. The maximum atomic E-state index is 11.6. The zero-order valence-corrected chi connectivity index (χ0v) is 13.8. The SMILES string of the molecule is CCCc1ccc(OCNC(=O)Nc2ncc(Br)cn2)cc1. The van der Waals surface area contributed by atoms with Gasteiger partial charge in [-0.25, -0.2) is 14.8 Å². The van der Waals surface area contributed by atoms with Crippen LogP contribution in [0.5, 0.6) is 5.75 Å².